The van der Waals surface area contributed by atoms with E-state index in [1.54, 1.807) is 55.5 Å². The van der Waals surface area contributed by atoms with Gasteiger partial charge in [0.2, 0.25) is 0 Å². The topological polar surface area (TPSA) is 71.1 Å². The van der Waals surface area contributed by atoms with Crippen molar-refractivity contribution < 1.29 is 33.3 Å². The van der Waals surface area contributed by atoms with Crippen molar-refractivity contribution in [2.24, 2.45) is 0 Å². The zero-order valence-corrected chi connectivity index (χ0v) is 15.1. The maximum absolute atomic E-state index is 12.2. The van der Waals surface area contributed by atoms with E-state index < -0.39 is 12.1 Å². The molecule has 27 heavy (non-hydrogen) atoms. The van der Waals surface area contributed by atoms with Crippen LogP contribution in [0.4, 0.5) is 4.53 Å². The third-order valence-electron chi connectivity index (χ3n) is 3.81. The third kappa shape index (κ3) is 6.07. The molecule has 2 aromatic rings. The standard InChI is InChI=1S/C20H21FO6/c1-3-25-19(20(23)27-21)11-14-7-9-16(10-8-14)26-13-18(22)15-5-4-6-17(12-15)24-2/h4-10,12,19H,3,11,13H2,1-2H3. The summed E-state index contributed by atoms with van der Waals surface area (Å²) >= 11 is 0. The van der Waals surface area contributed by atoms with Crippen LogP contribution < -0.4 is 9.47 Å². The molecule has 0 saturated carbocycles. The lowest BCUT2D eigenvalue weighted by molar-refractivity contribution is -0.196. The molecule has 144 valence electrons. The van der Waals surface area contributed by atoms with Gasteiger partial charge in [0.05, 0.1) is 7.11 Å². The van der Waals surface area contributed by atoms with E-state index >= 15 is 0 Å². The van der Waals surface area contributed by atoms with Crippen molar-refractivity contribution >= 4 is 11.8 Å². The first-order chi connectivity index (χ1) is 13.1. The molecule has 0 aliphatic heterocycles. The highest BCUT2D eigenvalue weighted by Crippen LogP contribution is 2.17. The summed E-state index contributed by atoms with van der Waals surface area (Å²) in [7, 11) is 1.53. The van der Waals surface area contributed by atoms with Gasteiger partial charge in [0, 0.05) is 23.1 Å². The van der Waals surface area contributed by atoms with Gasteiger partial charge >= 0.3 is 5.97 Å². The minimum absolute atomic E-state index is 0.123. The van der Waals surface area contributed by atoms with Crippen LogP contribution in [0.3, 0.4) is 0 Å². The summed E-state index contributed by atoms with van der Waals surface area (Å²) in [6, 6.07) is 13.6. The number of hydrogen-bond donors (Lipinski definition) is 0. The minimum atomic E-state index is -1.07. The van der Waals surface area contributed by atoms with E-state index in [4.69, 9.17) is 14.2 Å². The second-order valence-corrected chi connectivity index (χ2v) is 5.63. The van der Waals surface area contributed by atoms with Crippen LogP contribution in [0.25, 0.3) is 0 Å². The number of methoxy groups -OCH3 is 1. The van der Waals surface area contributed by atoms with Crippen LogP contribution in [0.2, 0.25) is 0 Å². The Morgan fingerprint density at radius 3 is 2.44 bits per heavy atom. The molecule has 7 heteroatoms. The fourth-order valence-electron chi connectivity index (χ4n) is 2.43. The van der Waals surface area contributed by atoms with Gasteiger partial charge < -0.3 is 14.2 Å². The second kappa shape index (κ2) is 10.3. The van der Waals surface area contributed by atoms with E-state index in [2.05, 4.69) is 4.94 Å². The Hall–Kier alpha value is -2.93. The number of hydrogen-bond acceptors (Lipinski definition) is 6. The van der Waals surface area contributed by atoms with E-state index in [0.717, 1.165) is 5.56 Å². The maximum Gasteiger partial charge on any atom is 0.377 e. The highest BCUT2D eigenvalue weighted by atomic mass is 19.3. The summed E-state index contributed by atoms with van der Waals surface area (Å²) in [5, 5.41) is 0. The lowest BCUT2D eigenvalue weighted by atomic mass is 10.1. The van der Waals surface area contributed by atoms with Crippen molar-refractivity contribution in [3.05, 3.63) is 59.7 Å². The Morgan fingerprint density at radius 1 is 1.07 bits per heavy atom. The quantitative estimate of drug-likeness (QED) is 0.593. The van der Waals surface area contributed by atoms with Crippen LogP contribution in [0, 0.1) is 0 Å². The Labute approximate surface area is 156 Å². The zero-order chi connectivity index (χ0) is 19.6. The summed E-state index contributed by atoms with van der Waals surface area (Å²) in [5.41, 5.74) is 1.24. The summed E-state index contributed by atoms with van der Waals surface area (Å²) in [6.45, 7) is 1.84. The molecule has 0 bridgehead atoms. The van der Waals surface area contributed by atoms with Crippen LogP contribution in [-0.4, -0.2) is 38.2 Å². The Balaban J connectivity index is 1.93. The van der Waals surface area contributed by atoms with Crippen molar-refractivity contribution in [1.82, 2.24) is 0 Å². The fourth-order valence-corrected chi connectivity index (χ4v) is 2.43. The zero-order valence-electron chi connectivity index (χ0n) is 15.1. The average Bonchev–Trinajstić information content (AvgIpc) is 2.72. The first-order valence-corrected chi connectivity index (χ1v) is 8.40. The number of halogens is 1. The van der Waals surface area contributed by atoms with Gasteiger partial charge in [-0.1, -0.05) is 24.3 Å². The summed E-state index contributed by atoms with van der Waals surface area (Å²) in [6.07, 6.45) is -0.846. The van der Waals surface area contributed by atoms with Crippen molar-refractivity contribution in [3.8, 4) is 11.5 Å². The number of carbonyl (C=O) groups excluding carboxylic acids is 2. The molecule has 0 spiro atoms. The van der Waals surface area contributed by atoms with Crippen molar-refractivity contribution in [1.29, 1.82) is 0 Å². The Kier molecular flexibility index (Phi) is 7.76. The summed E-state index contributed by atoms with van der Waals surface area (Å²) < 4.78 is 27.9. The molecule has 2 aromatic carbocycles. The molecule has 0 saturated heterocycles. The maximum atomic E-state index is 12.2. The predicted molar refractivity (Wildman–Crippen MR) is 95.6 cm³/mol. The molecule has 0 fully saturated rings. The van der Waals surface area contributed by atoms with Crippen LogP contribution in [-0.2, 0) is 20.9 Å². The molecule has 0 radical (unpaired) electrons. The highest BCUT2D eigenvalue weighted by molar-refractivity contribution is 5.97. The van der Waals surface area contributed by atoms with Crippen LogP contribution in [0.15, 0.2) is 48.5 Å². The molecule has 1 atom stereocenters. The number of ether oxygens (including phenoxy) is 3. The lowest BCUT2D eigenvalue weighted by Gasteiger charge is -2.13. The molecule has 0 N–H and O–H groups in total. The van der Waals surface area contributed by atoms with E-state index in [0.29, 0.717) is 17.1 Å². The van der Waals surface area contributed by atoms with E-state index in [9.17, 15) is 14.1 Å². The number of Topliss-reactive ketones (excluding diaryl/α,β-unsaturated/α-hetero) is 1. The third-order valence-corrected chi connectivity index (χ3v) is 3.81. The number of benzene rings is 2. The Bertz CT molecular complexity index is 759. The summed E-state index contributed by atoms with van der Waals surface area (Å²) in [4.78, 5) is 26.8. The highest BCUT2D eigenvalue weighted by Gasteiger charge is 2.22. The van der Waals surface area contributed by atoms with Gasteiger partial charge in [-0.3, -0.25) is 9.74 Å². The van der Waals surface area contributed by atoms with Crippen LogP contribution in [0.5, 0.6) is 11.5 Å². The van der Waals surface area contributed by atoms with Gasteiger partial charge in [0.1, 0.15) is 11.5 Å². The van der Waals surface area contributed by atoms with Gasteiger partial charge in [-0.25, -0.2) is 4.79 Å². The van der Waals surface area contributed by atoms with Gasteiger partial charge in [0.25, 0.3) is 0 Å². The van der Waals surface area contributed by atoms with Gasteiger partial charge in [-0.15, -0.1) is 0 Å². The minimum Gasteiger partial charge on any atom is -0.497 e. The van der Waals surface area contributed by atoms with Gasteiger partial charge in [-0.05, 0) is 36.8 Å². The molecular weight excluding hydrogens is 355 g/mol. The molecular formula is C20H21FO6. The predicted octanol–water partition coefficient (Wildman–Crippen LogP) is 3.33. The first-order valence-electron chi connectivity index (χ1n) is 8.40. The molecule has 0 aliphatic rings. The van der Waals surface area contributed by atoms with E-state index in [1.165, 1.54) is 7.11 Å². The number of rotatable bonds is 10. The normalized spacial score (nSPS) is 11.5. The first kappa shape index (κ1) is 20.4. The molecule has 2 rings (SSSR count). The number of ketones is 1. The van der Waals surface area contributed by atoms with Crippen molar-refractivity contribution in [2.75, 3.05) is 20.3 Å². The second-order valence-electron chi connectivity index (χ2n) is 5.63. The lowest BCUT2D eigenvalue weighted by Crippen LogP contribution is -2.27. The molecule has 0 aromatic heterocycles. The fraction of sp³-hybridized carbons (Fsp3) is 0.300. The largest absolute Gasteiger partial charge is 0.497 e. The van der Waals surface area contributed by atoms with Crippen LogP contribution in [0.1, 0.15) is 22.8 Å². The van der Waals surface area contributed by atoms with Crippen molar-refractivity contribution in [3.63, 3.8) is 0 Å². The molecule has 0 aliphatic carbocycles. The monoisotopic (exact) mass is 376 g/mol. The van der Waals surface area contributed by atoms with Crippen LogP contribution >= 0.6 is 0 Å². The smallest absolute Gasteiger partial charge is 0.377 e. The SMILES string of the molecule is CCOC(Cc1ccc(OCC(=O)c2cccc(OC)c2)cc1)C(=O)OF. The molecule has 1 unspecified atom stereocenters. The van der Waals surface area contributed by atoms with E-state index in [1.807, 2.05) is 0 Å². The van der Waals surface area contributed by atoms with Crippen molar-refractivity contribution in [2.45, 2.75) is 19.4 Å². The van der Waals surface area contributed by atoms with Gasteiger partial charge in [0.15, 0.2) is 18.5 Å². The molecule has 0 heterocycles. The average molecular weight is 376 g/mol. The van der Waals surface area contributed by atoms with Gasteiger partial charge in [-0.2, -0.15) is 0 Å². The number of carbonyl (C=O) groups is 2. The molecule has 0 amide bonds. The summed E-state index contributed by atoms with van der Waals surface area (Å²) in [5.74, 6) is -0.155. The van der Waals surface area contributed by atoms with E-state index in [-0.39, 0.29) is 25.4 Å². The Morgan fingerprint density at radius 2 is 1.81 bits per heavy atom. The molecule has 6 nitrogen and oxygen atoms in total.